The second-order valence-corrected chi connectivity index (χ2v) is 2.80. The van der Waals surface area contributed by atoms with Crippen molar-refractivity contribution in [2.75, 3.05) is 0 Å². The minimum Gasteiger partial charge on any atom is -0.365 e. The fourth-order valence-corrected chi connectivity index (χ4v) is 1.34. The normalized spacial score (nSPS) is 11.7. The van der Waals surface area contributed by atoms with Crippen LogP contribution in [0.15, 0.2) is 31.0 Å². The largest absolute Gasteiger partial charge is 0.365 e. The summed E-state index contributed by atoms with van der Waals surface area (Å²) >= 11 is 0. The van der Waals surface area contributed by atoms with Gasteiger partial charge in [0.1, 0.15) is 0 Å². The summed E-state index contributed by atoms with van der Waals surface area (Å²) in [5.74, 6) is 0. The molecule has 0 radical (unpaired) electrons. The number of nitrogens with one attached hydrogen (secondary N) is 1. The summed E-state index contributed by atoms with van der Waals surface area (Å²) in [6.07, 6.45) is 6.92. The summed E-state index contributed by atoms with van der Waals surface area (Å²) in [5, 5.41) is 0. The lowest BCUT2D eigenvalue weighted by Crippen LogP contribution is -1.82. The first-order valence-corrected chi connectivity index (χ1v) is 4.25. The molecule has 1 heterocycles. The third kappa shape index (κ3) is 1.67. The van der Waals surface area contributed by atoms with E-state index >= 15 is 0 Å². The van der Waals surface area contributed by atoms with Gasteiger partial charge < -0.3 is 4.98 Å². The van der Waals surface area contributed by atoms with Crippen LogP contribution in [0, 0.1) is 6.92 Å². The maximum Gasteiger partial charge on any atom is 0.0191 e. The van der Waals surface area contributed by atoms with Crippen molar-refractivity contribution in [3.63, 3.8) is 0 Å². The van der Waals surface area contributed by atoms with Crippen molar-refractivity contribution >= 4 is 5.57 Å². The fraction of sp³-hybridized carbons (Fsp3) is 0.273. The van der Waals surface area contributed by atoms with Crippen LogP contribution in [-0.2, 0) is 0 Å². The van der Waals surface area contributed by atoms with Gasteiger partial charge in [-0.25, -0.2) is 0 Å². The Kier molecular flexibility index (Phi) is 2.92. The third-order valence-electron chi connectivity index (χ3n) is 2.00. The van der Waals surface area contributed by atoms with Crippen LogP contribution in [0.3, 0.4) is 0 Å². The molecule has 1 aromatic heterocycles. The second-order valence-electron chi connectivity index (χ2n) is 2.80. The van der Waals surface area contributed by atoms with Crippen molar-refractivity contribution in [3.8, 4) is 0 Å². The van der Waals surface area contributed by atoms with Crippen molar-refractivity contribution in [1.82, 2.24) is 4.98 Å². The van der Waals surface area contributed by atoms with E-state index in [1.807, 2.05) is 12.3 Å². The summed E-state index contributed by atoms with van der Waals surface area (Å²) in [6, 6.07) is 2.11. The molecule has 1 nitrogen and oxygen atoms in total. The minimum atomic E-state index is 1.05. The lowest BCUT2D eigenvalue weighted by atomic mass is 10.0. The minimum absolute atomic E-state index is 1.05. The van der Waals surface area contributed by atoms with Crippen LogP contribution in [0.5, 0.6) is 0 Å². The number of allylic oxidation sites excluding steroid dienone is 3. The van der Waals surface area contributed by atoms with Crippen LogP contribution in [0.25, 0.3) is 5.57 Å². The van der Waals surface area contributed by atoms with Gasteiger partial charge in [-0.2, -0.15) is 0 Å². The van der Waals surface area contributed by atoms with Crippen LogP contribution in [0.1, 0.15) is 24.6 Å². The van der Waals surface area contributed by atoms with E-state index < -0.39 is 0 Å². The zero-order valence-electron chi connectivity index (χ0n) is 7.72. The molecule has 1 aromatic rings. The maximum atomic E-state index is 3.70. The van der Waals surface area contributed by atoms with Crippen LogP contribution in [0.2, 0.25) is 0 Å². The Bertz CT molecular complexity index is 292. The van der Waals surface area contributed by atoms with Crippen molar-refractivity contribution in [3.05, 3.63) is 42.3 Å². The molecule has 1 heteroatoms. The van der Waals surface area contributed by atoms with Gasteiger partial charge in [0.05, 0.1) is 0 Å². The Labute approximate surface area is 73.8 Å². The number of hydrogen-bond donors (Lipinski definition) is 1. The van der Waals surface area contributed by atoms with Crippen LogP contribution in [0.4, 0.5) is 0 Å². The van der Waals surface area contributed by atoms with E-state index in [1.165, 1.54) is 16.8 Å². The Balaban J connectivity index is 3.02. The van der Waals surface area contributed by atoms with E-state index in [0.29, 0.717) is 0 Å². The molecule has 0 saturated heterocycles. The Morgan fingerprint density at radius 2 is 2.42 bits per heavy atom. The van der Waals surface area contributed by atoms with Crippen molar-refractivity contribution in [2.45, 2.75) is 20.3 Å². The molecular weight excluding hydrogens is 146 g/mol. The van der Waals surface area contributed by atoms with Gasteiger partial charge in [-0.3, -0.25) is 0 Å². The van der Waals surface area contributed by atoms with E-state index in [1.54, 1.807) is 0 Å². The van der Waals surface area contributed by atoms with Gasteiger partial charge in [0.2, 0.25) is 0 Å². The lowest BCUT2D eigenvalue weighted by Gasteiger charge is -2.01. The number of aromatic amines is 1. The molecule has 0 saturated carbocycles. The molecule has 0 aliphatic heterocycles. The van der Waals surface area contributed by atoms with Crippen molar-refractivity contribution < 1.29 is 0 Å². The van der Waals surface area contributed by atoms with Crippen LogP contribution < -0.4 is 0 Å². The standard InChI is InChI=1S/C11H15N/c1-4-6-10(5-2)11-7-8-12-9(11)3/h4,6-8,12H,1,5H2,2-3H3/b10-6-. The molecule has 0 atom stereocenters. The number of aryl methyl sites for hydroxylation is 1. The van der Waals surface area contributed by atoms with Gasteiger partial charge in [-0.1, -0.05) is 25.7 Å². The van der Waals surface area contributed by atoms with Crippen LogP contribution in [-0.4, -0.2) is 4.98 Å². The topological polar surface area (TPSA) is 15.8 Å². The monoisotopic (exact) mass is 161 g/mol. The SMILES string of the molecule is C=C/C=C(/CC)c1cc[nH]c1C. The summed E-state index contributed by atoms with van der Waals surface area (Å²) in [6.45, 7) is 7.94. The van der Waals surface area contributed by atoms with E-state index in [9.17, 15) is 0 Å². The smallest absolute Gasteiger partial charge is 0.0191 e. The fourth-order valence-electron chi connectivity index (χ4n) is 1.34. The average molecular weight is 161 g/mol. The third-order valence-corrected chi connectivity index (χ3v) is 2.00. The summed E-state index contributed by atoms with van der Waals surface area (Å²) in [5.41, 5.74) is 3.87. The number of aromatic nitrogens is 1. The molecule has 0 bridgehead atoms. The summed E-state index contributed by atoms with van der Waals surface area (Å²) in [7, 11) is 0. The molecule has 1 rings (SSSR count). The van der Waals surface area contributed by atoms with E-state index in [2.05, 4.69) is 37.6 Å². The molecule has 64 valence electrons. The average Bonchev–Trinajstić information content (AvgIpc) is 2.47. The van der Waals surface area contributed by atoms with Crippen molar-refractivity contribution in [1.29, 1.82) is 0 Å². The summed E-state index contributed by atoms with van der Waals surface area (Å²) < 4.78 is 0. The molecule has 0 aliphatic carbocycles. The van der Waals surface area contributed by atoms with Gasteiger partial charge in [0, 0.05) is 11.9 Å². The van der Waals surface area contributed by atoms with Gasteiger partial charge >= 0.3 is 0 Å². The molecule has 0 aromatic carbocycles. The molecule has 12 heavy (non-hydrogen) atoms. The Hall–Kier alpha value is -1.24. The molecule has 0 amide bonds. The number of hydrogen-bond acceptors (Lipinski definition) is 0. The van der Waals surface area contributed by atoms with E-state index in [0.717, 1.165) is 6.42 Å². The van der Waals surface area contributed by atoms with Gasteiger partial charge in [-0.05, 0) is 30.5 Å². The first-order chi connectivity index (χ1) is 5.79. The molecular formula is C11H15N. The highest BCUT2D eigenvalue weighted by atomic mass is 14.7. The highest BCUT2D eigenvalue weighted by Crippen LogP contribution is 2.20. The highest BCUT2D eigenvalue weighted by Gasteiger charge is 2.01. The molecule has 0 aliphatic rings. The Morgan fingerprint density at radius 3 is 2.83 bits per heavy atom. The predicted molar refractivity (Wildman–Crippen MR) is 54.0 cm³/mol. The zero-order valence-corrected chi connectivity index (χ0v) is 7.72. The van der Waals surface area contributed by atoms with E-state index in [4.69, 9.17) is 0 Å². The van der Waals surface area contributed by atoms with Gasteiger partial charge in [0.15, 0.2) is 0 Å². The predicted octanol–water partition coefficient (Wildman–Crippen LogP) is 3.30. The van der Waals surface area contributed by atoms with Crippen molar-refractivity contribution in [2.24, 2.45) is 0 Å². The molecule has 0 unspecified atom stereocenters. The van der Waals surface area contributed by atoms with Crippen LogP contribution >= 0.6 is 0 Å². The first kappa shape index (κ1) is 8.85. The summed E-state index contributed by atoms with van der Waals surface area (Å²) in [4.78, 5) is 3.17. The maximum absolute atomic E-state index is 3.70. The highest BCUT2D eigenvalue weighted by molar-refractivity contribution is 5.68. The zero-order chi connectivity index (χ0) is 8.97. The number of rotatable bonds is 3. The quantitative estimate of drug-likeness (QED) is 0.655. The van der Waals surface area contributed by atoms with E-state index in [-0.39, 0.29) is 0 Å². The second kappa shape index (κ2) is 3.96. The lowest BCUT2D eigenvalue weighted by molar-refractivity contribution is 1.20. The van der Waals surface area contributed by atoms with Gasteiger partial charge in [-0.15, -0.1) is 0 Å². The molecule has 0 spiro atoms. The molecule has 1 N–H and O–H groups in total. The molecule has 0 fully saturated rings. The van der Waals surface area contributed by atoms with Gasteiger partial charge in [0.25, 0.3) is 0 Å². The Morgan fingerprint density at radius 1 is 1.67 bits per heavy atom. The first-order valence-electron chi connectivity index (χ1n) is 4.25. The number of H-pyrrole nitrogens is 1.